The Kier molecular flexibility index (Phi) is 5.38. The van der Waals surface area contributed by atoms with E-state index >= 15 is 0 Å². The Morgan fingerprint density at radius 1 is 0.714 bits per heavy atom. The topological polar surface area (TPSA) is 60.5 Å². The van der Waals surface area contributed by atoms with Gasteiger partial charge in [-0.3, -0.25) is 0 Å². The van der Waals surface area contributed by atoms with Crippen molar-refractivity contribution in [2.45, 2.75) is 0 Å². The van der Waals surface area contributed by atoms with Crippen LogP contribution in [0.3, 0.4) is 0 Å². The smallest absolute Gasteiger partial charge is 0.323 e. The van der Waals surface area contributed by atoms with Crippen LogP contribution in [0.4, 0.5) is 27.7 Å². The van der Waals surface area contributed by atoms with Gasteiger partial charge in [0.2, 0.25) is 0 Å². The van der Waals surface area contributed by atoms with Gasteiger partial charge in [0.1, 0.15) is 5.82 Å². The molecule has 0 unspecified atom stereocenters. The average molecular weight is 373 g/mol. The molecule has 2 aromatic carbocycles. The van der Waals surface area contributed by atoms with Gasteiger partial charge < -0.3 is 20.4 Å². The minimum Gasteiger partial charge on any atom is -0.368 e. The number of hydrogen-bond donors (Lipinski definition) is 2. The number of rotatable bonds is 4. The first-order valence-electron chi connectivity index (χ1n) is 9.42. The summed E-state index contributed by atoms with van der Waals surface area (Å²) < 4.78 is 0. The summed E-state index contributed by atoms with van der Waals surface area (Å²) in [6.07, 6.45) is 1.83. The lowest BCUT2D eigenvalue weighted by Crippen LogP contribution is -2.46. The van der Waals surface area contributed by atoms with Crippen molar-refractivity contribution in [3.63, 3.8) is 0 Å². The van der Waals surface area contributed by atoms with Gasteiger partial charge in [-0.1, -0.05) is 24.3 Å². The molecule has 4 rings (SSSR count). The summed E-state index contributed by atoms with van der Waals surface area (Å²) in [4.78, 5) is 21.2. The molecular formula is C22H23N5O. The van der Waals surface area contributed by atoms with Gasteiger partial charge in [-0.2, -0.15) is 0 Å². The number of aromatic nitrogens is 1. The van der Waals surface area contributed by atoms with E-state index in [1.54, 1.807) is 0 Å². The van der Waals surface area contributed by atoms with E-state index in [2.05, 4.69) is 43.6 Å². The van der Waals surface area contributed by atoms with Crippen LogP contribution in [0.25, 0.3) is 0 Å². The van der Waals surface area contributed by atoms with Crippen molar-refractivity contribution in [3.8, 4) is 0 Å². The number of anilines is 4. The molecule has 0 atom stereocenters. The van der Waals surface area contributed by atoms with Crippen molar-refractivity contribution in [2.24, 2.45) is 0 Å². The molecule has 2 heterocycles. The molecule has 0 spiro atoms. The normalized spacial score (nSPS) is 13.9. The first-order chi connectivity index (χ1) is 13.8. The van der Waals surface area contributed by atoms with Gasteiger partial charge in [0.05, 0.1) is 0 Å². The van der Waals surface area contributed by atoms with Crippen molar-refractivity contribution in [3.05, 3.63) is 79.0 Å². The standard InChI is InChI=1S/C22H23N5O/c28-22(24-18-6-2-1-3-7-18)25-19-9-11-20(12-10-19)26-14-16-27(17-15-26)21-8-4-5-13-23-21/h1-13H,14-17H2,(H2,24,25,28). The predicted molar refractivity (Wildman–Crippen MR) is 114 cm³/mol. The predicted octanol–water partition coefficient (Wildman–Crippen LogP) is 4.05. The molecule has 1 fully saturated rings. The molecule has 1 saturated heterocycles. The first-order valence-corrected chi connectivity index (χ1v) is 9.42. The van der Waals surface area contributed by atoms with Crippen molar-refractivity contribution < 1.29 is 4.79 Å². The summed E-state index contributed by atoms with van der Waals surface area (Å²) in [6.45, 7) is 3.77. The Morgan fingerprint density at radius 3 is 1.96 bits per heavy atom. The number of carbonyl (C=O) groups excluding carboxylic acids is 1. The maximum absolute atomic E-state index is 12.1. The van der Waals surface area contributed by atoms with Gasteiger partial charge >= 0.3 is 6.03 Å². The van der Waals surface area contributed by atoms with E-state index in [4.69, 9.17) is 0 Å². The number of hydrogen-bond acceptors (Lipinski definition) is 4. The highest BCUT2D eigenvalue weighted by Crippen LogP contribution is 2.21. The molecule has 0 aliphatic carbocycles. The van der Waals surface area contributed by atoms with Crippen molar-refractivity contribution in [1.82, 2.24) is 4.98 Å². The van der Waals surface area contributed by atoms with Crippen LogP contribution in [0.5, 0.6) is 0 Å². The van der Waals surface area contributed by atoms with Crippen LogP contribution in [0.1, 0.15) is 0 Å². The zero-order valence-electron chi connectivity index (χ0n) is 15.6. The molecule has 0 radical (unpaired) electrons. The van der Waals surface area contributed by atoms with E-state index in [9.17, 15) is 4.79 Å². The van der Waals surface area contributed by atoms with Crippen LogP contribution in [-0.4, -0.2) is 37.2 Å². The Morgan fingerprint density at radius 2 is 1.32 bits per heavy atom. The van der Waals surface area contributed by atoms with Gasteiger partial charge in [0.25, 0.3) is 0 Å². The molecule has 0 bridgehead atoms. The second-order valence-electron chi connectivity index (χ2n) is 6.65. The van der Waals surface area contributed by atoms with Crippen molar-refractivity contribution in [1.29, 1.82) is 0 Å². The summed E-state index contributed by atoms with van der Waals surface area (Å²) in [5.74, 6) is 1.03. The van der Waals surface area contributed by atoms with Gasteiger partial charge in [-0.25, -0.2) is 9.78 Å². The fraction of sp³-hybridized carbons (Fsp3) is 0.182. The van der Waals surface area contributed by atoms with Crippen molar-refractivity contribution in [2.75, 3.05) is 46.6 Å². The number of piperazine rings is 1. The zero-order valence-corrected chi connectivity index (χ0v) is 15.6. The van der Waals surface area contributed by atoms with Crippen molar-refractivity contribution >= 4 is 28.9 Å². The van der Waals surface area contributed by atoms with Gasteiger partial charge in [-0.15, -0.1) is 0 Å². The highest BCUT2D eigenvalue weighted by Gasteiger charge is 2.18. The summed E-state index contributed by atoms with van der Waals surface area (Å²) in [5, 5.41) is 5.68. The van der Waals surface area contributed by atoms with E-state index in [0.717, 1.165) is 49.1 Å². The van der Waals surface area contributed by atoms with Gasteiger partial charge in [-0.05, 0) is 48.5 Å². The average Bonchev–Trinajstić information content (AvgIpc) is 2.76. The Balaban J connectivity index is 1.31. The largest absolute Gasteiger partial charge is 0.368 e. The lowest BCUT2D eigenvalue weighted by molar-refractivity contribution is 0.262. The molecular weight excluding hydrogens is 350 g/mol. The summed E-state index contributed by atoms with van der Waals surface area (Å²) >= 11 is 0. The van der Waals surface area contributed by atoms with Crippen LogP contribution >= 0.6 is 0 Å². The monoisotopic (exact) mass is 373 g/mol. The van der Waals surface area contributed by atoms with E-state index in [0.29, 0.717) is 0 Å². The summed E-state index contributed by atoms with van der Waals surface area (Å²) in [5.41, 5.74) is 2.70. The van der Waals surface area contributed by atoms with Gasteiger partial charge in [0, 0.05) is 49.4 Å². The maximum Gasteiger partial charge on any atom is 0.323 e. The Hall–Kier alpha value is -3.54. The SMILES string of the molecule is O=C(Nc1ccccc1)Nc1ccc(N2CCN(c3ccccn3)CC2)cc1. The molecule has 6 nitrogen and oxygen atoms in total. The van der Waals surface area contributed by atoms with Crippen LogP contribution in [0.15, 0.2) is 79.0 Å². The van der Waals surface area contributed by atoms with Crippen LogP contribution in [0, 0.1) is 0 Å². The van der Waals surface area contributed by atoms with E-state index in [1.165, 1.54) is 0 Å². The Bertz CT molecular complexity index is 891. The third-order valence-electron chi connectivity index (χ3n) is 4.77. The number of carbonyl (C=O) groups is 1. The summed E-state index contributed by atoms with van der Waals surface area (Å²) in [6, 6.07) is 23.1. The molecule has 28 heavy (non-hydrogen) atoms. The second kappa shape index (κ2) is 8.43. The fourth-order valence-electron chi connectivity index (χ4n) is 3.31. The lowest BCUT2D eigenvalue weighted by atomic mass is 10.2. The van der Waals surface area contributed by atoms with Crippen LogP contribution in [0.2, 0.25) is 0 Å². The number of para-hydroxylation sites is 1. The molecule has 2 amide bonds. The molecule has 3 aromatic rings. The molecule has 1 aromatic heterocycles. The third kappa shape index (κ3) is 4.40. The third-order valence-corrected chi connectivity index (χ3v) is 4.77. The van der Waals surface area contributed by atoms with E-state index < -0.39 is 0 Å². The highest BCUT2D eigenvalue weighted by atomic mass is 16.2. The molecule has 0 saturated carbocycles. The minimum absolute atomic E-state index is 0.247. The number of amides is 2. The molecule has 6 heteroatoms. The zero-order chi connectivity index (χ0) is 19.2. The number of nitrogens with zero attached hydrogens (tertiary/aromatic N) is 3. The summed E-state index contributed by atoms with van der Waals surface area (Å²) in [7, 11) is 0. The number of pyridine rings is 1. The quantitative estimate of drug-likeness (QED) is 0.724. The van der Waals surface area contributed by atoms with E-state index in [-0.39, 0.29) is 6.03 Å². The highest BCUT2D eigenvalue weighted by molar-refractivity contribution is 5.99. The molecule has 142 valence electrons. The first kappa shape index (κ1) is 17.9. The lowest BCUT2D eigenvalue weighted by Gasteiger charge is -2.36. The second-order valence-corrected chi connectivity index (χ2v) is 6.65. The van der Waals surface area contributed by atoms with E-state index in [1.807, 2.05) is 60.8 Å². The Labute approximate surface area is 164 Å². The molecule has 1 aliphatic rings. The van der Waals surface area contributed by atoms with Crippen LogP contribution < -0.4 is 20.4 Å². The molecule has 2 N–H and O–H groups in total. The van der Waals surface area contributed by atoms with Gasteiger partial charge in [0.15, 0.2) is 0 Å². The maximum atomic E-state index is 12.1. The number of urea groups is 1. The fourth-order valence-corrected chi connectivity index (χ4v) is 3.31. The number of nitrogens with one attached hydrogen (secondary N) is 2. The number of benzene rings is 2. The minimum atomic E-state index is -0.247. The molecule has 1 aliphatic heterocycles. The van der Waals surface area contributed by atoms with Crippen LogP contribution in [-0.2, 0) is 0 Å².